The molecule has 1 atom stereocenters. The Kier molecular flexibility index (Phi) is 5.95. The van der Waals surface area contributed by atoms with Crippen LogP contribution in [0, 0.1) is 0 Å². The zero-order valence-electron chi connectivity index (χ0n) is 17.2. The van der Waals surface area contributed by atoms with Crippen LogP contribution in [-0.2, 0) is 27.0 Å². The van der Waals surface area contributed by atoms with Crippen LogP contribution >= 0.6 is 0 Å². The molecule has 6 nitrogen and oxygen atoms in total. The number of rotatable bonds is 6. The van der Waals surface area contributed by atoms with Crippen molar-refractivity contribution in [2.45, 2.75) is 25.2 Å². The Labute approximate surface area is 182 Å². The smallest absolute Gasteiger partial charge is 0.267 e. The summed E-state index contributed by atoms with van der Waals surface area (Å²) in [4.78, 5) is 13.0. The molecule has 0 radical (unpaired) electrons. The average Bonchev–Trinajstić information content (AvgIpc) is 2.79. The van der Waals surface area contributed by atoms with E-state index in [1.807, 2.05) is 37.3 Å². The molecule has 31 heavy (non-hydrogen) atoms. The van der Waals surface area contributed by atoms with Crippen molar-refractivity contribution in [1.29, 1.82) is 0 Å². The van der Waals surface area contributed by atoms with Crippen LogP contribution < -0.4 is 14.4 Å². The summed E-state index contributed by atoms with van der Waals surface area (Å²) in [7, 11) is -3.73. The number of amides is 1. The quantitative estimate of drug-likeness (QED) is 0.634. The van der Waals surface area contributed by atoms with Crippen molar-refractivity contribution in [1.82, 2.24) is 0 Å². The second-order valence-corrected chi connectivity index (χ2v) is 9.24. The van der Waals surface area contributed by atoms with Gasteiger partial charge in [-0.2, -0.15) is 0 Å². The molecule has 3 aromatic rings. The molecule has 160 valence electrons. The number of nitrogens with zero attached hydrogens (tertiary/aromatic N) is 1. The lowest BCUT2D eigenvalue weighted by molar-refractivity contribution is -0.122. The van der Waals surface area contributed by atoms with Gasteiger partial charge in [0.05, 0.1) is 18.0 Å². The van der Waals surface area contributed by atoms with E-state index in [1.54, 1.807) is 48.5 Å². The molecule has 0 aliphatic carbocycles. The van der Waals surface area contributed by atoms with E-state index in [0.29, 0.717) is 22.7 Å². The lowest BCUT2D eigenvalue weighted by atomic mass is 10.1. The fourth-order valence-corrected chi connectivity index (χ4v) is 5.21. The third-order valence-electron chi connectivity index (χ3n) is 5.21. The highest BCUT2D eigenvalue weighted by Crippen LogP contribution is 2.36. The third-order valence-corrected chi connectivity index (χ3v) is 6.93. The average molecular weight is 437 g/mol. The number of hydrogen-bond donors (Lipinski definition) is 1. The number of nitrogens with one attached hydrogen (secondary N) is 1. The maximum Gasteiger partial charge on any atom is 0.267 e. The Hall–Kier alpha value is -3.32. The SMILES string of the molecule is CCc1ccccc1NC(=O)[C@@H]1CN(S(=O)(=O)Cc2ccccc2)c2ccccc2O1. The number of hydrogen-bond acceptors (Lipinski definition) is 4. The van der Waals surface area contributed by atoms with Gasteiger partial charge in [0.1, 0.15) is 5.75 Å². The summed E-state index contributed by atoms with van der Waals surface area (Å²) in [6.07, 6.45) is -0.201. The Morgan fingerprint density at radius 3 is 2.45 bits per heavy atom. The number of benzene rings is 3. The van der Waals surface area contributed by atoms with Gasteiger partial charge in [-0.25, -0.2) is 8.42 Å². The van der Waals surface area contributed by atoms with Gasteiger partial charge in [0.15, 0.2) is 6.10 Å². The molecule has 0 saturated carbocycles. The highest BCUT2D eigenvalue weighted by atomic mass is 32.2. The number of carbonyl (C=O) groups is 1. The van der Waals surface area contributed by atoms with E-state index in [1.165, 1.54) is 4.31 Å². The standard InChI is InChI=1S/C24H24N2O4S/c1-2-19-12-6-7-13-20(19)25-24(27)23-16-26(21-14-8-9-15-22(21)30-23)31(28,29)17-18-10-4-3-5-11-18/h3-15,23H,2,16-17H2,1H3,(H,25,27)/t23-/m0/s1. The number of anilines is 2. The normalized spacial score (nSPS) is 15.6. The highest BCUT2D eigenvalue weighted by Gasteiger charge is 2.36. The summed E-state index contributed by atoms with van der Waals surface area (Å²) < 4.78 is 33.8. The molecule has 0 aromatic heterocycles. The zero-order chi connectivity index (χ0) is 21.8. The molecule has 0 saturated heterocycles. The molecule has 1 heterocycles. The number of fused-ring (bicyclic) bond motifs is 1. The Bertz CT molecular complexity index is 1180. The van der Waals surface area contributed by atoms with Gasteiger partial charge in [0.2, 0.25) is 10.0 Å². The van der Waals surface area contributed by atoms with Crippen LogP contribution in [0.2, 0.25) is 0 Å². The Morgan fingerprint density at radius 1 is 1.00 bits per heavy atom. The minimum absolute atomic E-state index is 0.0910. The van der Waals surface area contributed by atoms with Crippen LogP contribution in [0.4, 0.5) is 11.4 Å². The Morgan fingerprint density at radius 2 is 1.68 bits per heavy atom. The van der Waals surface area contributed by atoms with E-state index >= 15 is 0 Å². The topological polar surface area (TPSA) is 75.7 Å². The van der Waals surface area contributed by atoms with Gasteiger partial charge in [-0.1, -0.05) is 67.6 Å². The van der Waals surface area contributed by atoms with E-state index in [2.05, 4.69) is 5.32 Å². The van der Waals surface area contributed by atoms with Crippen molar-refractivity contribution in [2.75, 3.05) is 16.2 Å². The van der Waals surface area contributed by atoms with E-state index in [0.717, 1.165) is 12.0 Å². The first kappa shape index (κ1) is 20.9. The van der Waals surface area contributed by atoms with E-state index < -0.39 is 16.1 Å². The van der Waals surface area contributed by atoms with Crippen LogP contribution in [0.25, 0.3) is 0 Å². The van der Waals surface area contributed by atoms with Crippen LogP contribution in [-0.4, -0.2) is 27.0 Å². The maximum atomic E-state index is 13.3. The van der Waals surface area contributed by atoms with Gasteiger partial charge in [-0.05, 0) is 35.7 Å². The summed E-state index contributed by atoms with van der Waals surface area (Å²) in [6.45, 7) is 1.92. The minimum atomic E-state index is -3.73. The second kappa shape index (κ2) is 8.81. The molecule has 1 amide bonds. The van der Waals surface area contributed by atoms with Crippen molar-refractivity contribution in [3.05, 3.63) is 90.0 Å². The first-order chi connectivity index (χ1) is 15.0. The predicted molar refractivity (Wildman–Crippen MR) is 122 cm³/mol. The molecular weight excluding hydrogens is 412 g/mol. The summed E-state index contributed by atoms with van der Waals surface area (Å²) in [5.74, 6) is -0.167. The molecule has 1 aliphatic heterocycles. The van der Waals surface area contributed by atoms with Crippen molar-refractivity contribution >= 4 is 27.3 Å². The van der Waals surface area contributed by atoms with Crippen molar-refractivity contribution < 1.29 is 17.9 Å². The van der Waals surface area contributed by atoms with Crippen LogP contribution in [0.15, 0.2) is 78.9 Å². The Balaban J connectivity index is 1.62. The highest BCUT2D eigenvalue weighted by molar-refractivity contribution is 7.92. The number of carbonyl (C=O) groups excluding carboxylic acids is 1. The zero-order valence-corrected chi connectivity index (χ0v) is 18.0. The summed E-state index contributed by atoms with van der Waals surface area (Å²) in [5.41, 5.74) is 2.83. The van der Waals surface area contributed by atoms with Crippen molar-refractivity contribution in [3.8, 4) is 5.75 Å². The largest absolute Gasteiger partial charge is 0.476 e. The van der Waals surface area contributed by atoms with Gasteiger partial charge < -0.3 is 10.1 Å². The summed E-state index contributed by atoms with van der Waals surface area (Å²) in [6, 6.07) is 23.4. The van der Waals surface area contributed by atoms with E-state index in [9.17, 15) is 13.2 Å². The molecule has 4 rings (SSSR count). The molecular formula is C24H24N2O4S. The van der Waals surface area contributed by atoms with Crippen LogP contribution in [0.3, 0.4) is 0 Å². The van der Waals surface area contributed by atoms with E-state index in [4.69, 9.17) is 4.74 Å². The number of aryl methyl sites for hydroxylation is 1. The summed E-state index contributed by atoms with van der Waals surface area (Å²) in [5, 5.41) is 2.90. The molecule has 0 unspecified atom stereocenters. The van der Waals surface area contributed by atoms with Gasteiger partial charge in [-0.3, -0.25) is 9.10 Å². The number of ether oxygens (including phenoxy) is 1. The monoisotopic (exact) mass is 436 g/mol. The van der Waals surface area contributed by atoms with Crippen molar-refractivity contribution in [2.24, 2.45) is 0 Å². The summed E-state index contributed by atoms with van der Waals surface area (Å²) >= 11 is 0. The lowest BCUT2D eigenvalue weighted by Crippen LogP contribution is -2.49. The van der Waals surface area contributed by atoms with Crippen LogP contribution in [0.1, 0.15) is 18.1 Å². The molecule has 0 spiro atoms. The predicted octanol–water partition coefficient (Wildman–Crippen LogP) is 3.99. The van der Waals surface area contributed by atoms with E-state index in [-0.39, 0.29) is 18.2 Å². The van der Waals surface area contributed by atoms with Crippen molar-refractivity contribution in [3.63, 3.8) is 0 Å². The van der Waals surface area contributed by atoms with Gasteiger partial charge in [0.25, 0.3) is 5.91 Å². The molecule has 7 heteroatoms. The molecule has 1 N–H and O–H groups in total. The fourth-order valence-electron chi connectivity index (χ4n) is 3.63. The first-order valence-electron chi connectivity index (χ1n) is 10.2. The number of para-hydroxylation sites is 3. The van der Waals surface area contributed by atoms with Gasteiger partial charge >= 0.3 is 0 Å². The fraction of sp³-hybridized carbons (Fsp3) is 0.208. The molecule has 3 aromatic carbocycles. The first-order valence-corrected chi connectivity index (χ1v) is 11.8. The van der Waals surface area contributed by atoms with Gasteiger partial charge in [0, 0.05) is 5.69 Å². The molecule has 1 aliphatic rings. The maximum absolute atomic E-state index is 13.3. The molecule has 0 fully saturated rings. The third kappa shape index (κ3) is 4.56. The lowest BCUT2D eigenvalue weighted by Gasteiger charge is -2.34. The van der Waals surface area contributed by atoms with Gasteiger partial charge in [-0.15, -0.1) is 0 Å². The number of sulfonamides is 1. The second-order valence-electron chi connectivity index (χ2n) is 7.35. The molecule has 0 bridgehead atoms. The van der Waals surface area contributed by atoms with Crippen LogP contribution in [0.5, 0.6) is 5.75 Å². The minimum Gasteiger partial charge on any atom is -0.476 e.